The van der Waals surface area contributed by atoms with E-state index in [2.05, 4.69) is 69.0 Å². The van der Waals surface area contributed by atoms with Gasteiger partial charge in [0, 0.05) is 24.5 Å². The zero-order valence-corrected chi connectivity index (χ0v) is 59.7. The van der Waals surface area contributed by atoms with Crippen LogP contribution >= 0.6 is 0 Å². The van der Waals surface area contributed by atoms with Crippen molar-refractivity contribution in [3.63, 3.8) is 0 Å². The lowest BCUT2D eigenvalue weighted by Gasteiger charge is -2.25. The van der Waals surface area contributed by atoms with Gasteiger partial charge in [0.05, 0.1) is 0 Å². The molecule has 0 saturated heterocycles. The normalized spacial score (nSPS) is 11.4. The molecular formula is C84H158N2. The summed E-state index contributed by atoms with van der Waals surface area (Å²) in [5.41, 5.74) is 11.1. The summed E-state index contributed by atoms with van der Waals surface area (Å²) in [7, 11) is 0. The van der Waals surface area contributed by atoms with Crippen molar-refractivity contribution in [2.45, 2.75) is 451 Å². The van der Waals surface area contributed by atoms with E-state index in [0.29, 0.717) is 0 Å². The first-order valence-corrected chi connectivity index (χ1v) is 40.3. The van der Waals surface area contributed by atoms with Crippen LogP contribution in [0.15, 0.2) is 48.5 Å². The number of nitrogen functional groups attached to an aromatic ring is 1. The van der Waals surface area contributed by atoms with E-state index in [1.807, 2.05) is 12.1 Å². The van der Waals surface area contributed by atoms with Crippen molar-refractivity contribution in [2.75, 3.05) is 23.7 Å². The highest BCUT2D eigenvalue weighted by molar-refractivity contribution is 5.47. The lowest BCUT2D eigenvalue weighted by Crippen LogP contribution is -2.25. The Labute approximate surface area is 543 Å². The van der Waals surface area contributed by atoms with Crippen molar-refractivity contribution in [1.82, 2.24) is 0 Å². The highest BCUT2D eigenvalue weighted by Crippen LogP contribution is 2.23. The smallest absolute Gasteiger partial charge is 0.0366 e. The predicted molar refractivity (Wildman–Crippen MR) is 395 cm³/mol. The number of benzene rings is 2. The lowest BCUT2D eigenvalue weighted by atomic mass is 10.0. The predicted octanol–water partition coefficient (Wildman–Crippen LogP) is 29.9. The van der Waals surface area contributed by atoms with Crippen LogP contribution in [0.4, 0.5) is 11.4 Å². The molecule has 2 aromatic rings. The minimum atomic E-state index is 0.871. The van der Waals surface area contributed by atoms with Crippen molar-refractivity contribution >= 4 is 11.4 Å². The number of rotatable bonds is 69. The van der Waals surface area contributed by atoms with Crippen LogP contribution in [-0.4, -0.2) is 13.1 Å². The molecule has 2 rings (SSSR count). The number of hydrogen-bond acceptors (Lipinski definition) is 2. The third kappa shape index (κ3) is 60.9. The molecule has 0 fully saturated rings. The van der Waals surface area contributed by atoms with Gasteiger partial charge in [-0.3, -0.25) is 0 Å². The fourth-order valence-corrected chi connectivity index (χ4v) is 13.4. The monoisotopic (exact) mass is 1200 g/mol. The molecule has 2 N–H and O–H groups in total. The van der Waals surface area contributed by atoms with Gasteiger partial charge in [-0.2, -0.15) is 0 Å². The molecule has 0 atom stereocenters. The van der Waals surface area contributed by atoms with Gasteiger partial charge in [-0.25, -0.2) is 0 Å². The molecule has 0 saturated carbocycles. The van der Waals surface area contributed by atoms with Crippen molar-refractivity contribution < 1.29 is 0 Å². The molecule has 0 aliphatic rings. The Morgan fingerprint density at radius 1 is 0.198 bits per heavy atom. The van der Waals surface area contributed by atoms with Crippen molar-refractivity contribution in [2.24, 2.45) is 0 Å². The summed E-state index contributed by atoms with van der Waals surface area (Å²) in [6.07, 6.45) is 94.9. The topological polar surface area (TPSA) is 29.3 Å². The fourth-order valence-electron chi connectivity index (χ4n) is 13.4. The molecule has 2 heteroatoms. The molecule has 0 aliphatic heterocycles. The molecule has 0 unspecified atom stereocenters. The molecule has 0 radical (unpaired) electrons. The van der Waals surface area contributed by atoms with Gasteiger partial charge in [-0.05, 0) is 73.9 Å². The first-order chi connectivity index (χ1) is 42.6. The Morgan fingerprint density at radius 2 is 0.360 bits per heavy atom. The Balaban J connectivity index is 0.00000123. The summed E-state index contributed by atoms with van der Waals surface area (Å²) in [6, 6.07) is 18.2. The van der Waals surface area contributed by atoms with E-state index in [9.17, 15) is 0 Å². The summed E-state index contributed by atoms with van der Waals surface area (Å²) in [5.74, 6) is 0. The molecule has 0 aromatic heterocycles. The maximum absolute atomic E-state index is 5.72. The SMILES string of the molecule is CCCCCCCCCCCCCCCCCCc1ccc(N(CCCCCCCCCCCCCCCCCC)CCCCCCCCCCCCCCCCCC)cc1.CCCCCCCCCCCCCCCCCCc1ccc(N)cc1. The van der Waals surface area contributed by atoms with Gasteiger partial charge in [0.1, 0.15) is 0 Å². The van der Waals surface area contributed by atoms with Gasteiger partial charge in [-0.15, -0.1) is 0 Å². The van der Waals surface area contributed by atoms with Crippen molar-refractivity contribution in [3.05, 3.63) is 59.7 Å². The number of aryl methyl sites for hydroxylation is 2. The second-order valence-electron chi connectivity index (χ2n) is 28.1. The highest BCUT2D eigenvalue weighted by atomic mass is 15.1. The average Bonchev–Trinajstić information content (AvgIpc) is 3.62. The second-order valence-corrected chi connectivity index (χ2v) is 28.1. The molecule has 0 amide bonds. The molecule has 0 aliphatic carbocycles. The Hall–Kier alpha value is -1.96. The van der Waals surface area contributed by atoms with Crippen LogP contribution in [0.25, 0.3) is 0 Å². The Bertz CT molecular complexity index is 1480. The van der Waals surface area contributed by atoms with Gasteiger partial charge in [-0.1, -0.05) is 437 Å². The van der Waals surface area contributed by atoms with Gasteiger partial charge in [0.25, 0.3) is 0 Å². The molecule has 2 nitrogen and oxygen atoms in total. The minimum absolute atomic E-state index is 0.871. The Kier molecular flexibility index (Phi) is 67.3. The van der Waals surface area contributed by atoms with Crippen molar-refractivity contribution in [1.29, 1.82) is 0 Å². The molecule has 86 heavy (non-hydrogen) atoms. The zero-order valence-electron chi connectivity index (χ0n) is 59.7. The number of unbranched alkanes of at least 4 members (excludes halogenated alkanes) is 60. The van der Waals surface area contributed by atoms with Crippen LogP contribution in [0.2, 0.25) is 0 Å². The zero-order chi connectivity index (χ0) is 61.6. The summed E-state index contributed by atoms with van der Waals surface area (Å²) < 4.78 is 0. The molecule has 504 valence electrons. The van der Waals surface area contributed by atoms with E-state index in [1.54, 1.807) is 5.56 Å². The summed E-state index contributed by atoms with van der Waals surface area (Å²) in [5, 5.41) is 0. The second kappa shape index (κ2) is 70.5. The largest absolute Gasteiger partial charge is 0.399 e. The maximum Gasteiger partial charge on any atom is 0.0366 e. The van der Waals surface area contributed by atoms with E-state index in [0.717, 1.165) is 5.69 Å². The van der Waals surface area contributed by atoms with Crippen LogP contribution in [0.5, 0.6) is 0 Å². The van der Waals surface area contributed by atoms with E-state index < -0.39 is 0 Å². The molecule has 2 aromatic carbocycles. The third-order valence-corrected chi connectivity index (χ3v) is 19.5. The van der Waals surface area contributed by atoms with Crippen LogP contribution < -0.4 is 10.6 Å². The van der Waals surface area contributed by atoms with Gasteiger partial charge >= 0.3 is 0 Å². The highest BCUT2D eigenvalue weighted by Gasteiger charge is 2.08. The summed E-state index contributed by atoms with van der Waals surface area (Å²) in [6.45, 7) is 11.7. The van der Waals surface area contributed by atoms with Crippen molar-refractivity contribution in [3.8, 4) is 0 Å². The summed E-state index contributed by atoms with van der Waals surface area (Å²) in [4.78, 5) is 2.76. The van der Waals surface area contributed by atoms with E-state index in [1.165, 1.54) is 448 Å². The average molecular weight is 1200 g/mol. The van der Waals surface area contributed by atoms with Crippen LogP contribution in [-0.2, 0) is 12.8 Å². The van der Waals surface area contributed by atoms with Crippen LogP contribution in [0.3, 0.4) is 0 Å². The van der Waals surface area contributed by atoms with Crippen LogP contribution in [0, 0.1) is 0 Å². The summed E-state index contributed by atoms with van der Waals surface area (Å²) >= 11 is 0. The first kappa shape index (κ1) is 82.1. The molecule has 0 spiro atoms. The molecular weight excluding hydrogens is 1040 g/mol. The first-order valence-electron chi connectivity index (χ1n) is 40.3. The van der Waals surface area contributed by atoms with Gasteiger partial charge in [0.2, 0.25) is 0 Å². The Morgan fingerprint density at radius 3 is 0.558 bits per heavy atom. The fraction of sp³-hybridized carbons (Fsp3) is 0.857. The third-order valence-electron chi connectivity index (χ3n) is 19.5. The van der Waals surface area contributed by atoms with E-state index in [-0.39, 0.29) is 0 Å². The quantitative estimate of drug-likeness (QED) is 0.0528. The number of nitrogens with zero attached hydrogens (tertiary/aromatic N) is 1. The van der Waals surface area contributed by atoms with E-state index in [4.69, 9.17) is 5.73 Å². The van der Waals surface area contributed by atoms with E-state index >= 15 is 0 Å². The molecule has 0 heterocycles. The number of hydrogen-bond donors (Lipinski definition) is 1. The molecule has 0 bridgehead atoms. The lowest BCUT2D eigenvalue weighted by molar-refractivity contribution is 0.524. The standard InChI is InChI=1S/C60H115N.C24H43N/c1-4-7-10-13-16-19-22-25-28-31-34-37-40-43-46-49-52-59-53-55-60(56-54-59)61(57-50-47-44-41-38-35-32-29-26-23-20-17-14-11-8-5-2)58-51-48-45-42-39-36-33-30-27-24-21-18-15-12-9-6-3;1-2-3-4-5-6-7-8-9-10-11-12-13-14-15-16-17-18-23-19-21-24(25)22-20-23/h53-56H,4-52,57-58H2,1-3H3;19-22H,2-18,25H2,1H3. The van der Waals surface area contributed by atoms with Gasteiger partial charge in [0.15, 0.2) is 0 Å². The minimum Gasteiger partial charge on any atom is -0.399 e. The van der Waals surface area contributed by atoms with Crippen LogP contribution in [0.1, 0.15) is 450 Å². The number of anilines is 2. The maximum atomic E-state index is 5.72. The van der Waals surface area contributed by atoms with Gasteiger partial charge < -0.3 is 10.6 Å². The number of nitrogens with two attached hydrogens (primary N) is 1.